The smallest absolute Gasteiger partial charge is 0.0714 e. The van der Waals surface area contributed by atoms with Gasteiger partial charge in [0.2, 0.25) is 0 Å². The molecular weight excluding hydrogens is 248 g/mol. The molecule has 17 heavy (non-hydrogen) atoms. The zero-order chi connectivity index (χ0) is 12.6. The Hall–Kier alpha value is -0.0100. The molecule has 0 amide bonds. The maximum absolute atomic E-state index is 6.80. The molecule has 0 aromatic carbocycles. The van der Waals surface area contributed by atoms with Crippen molar-refractivity contribution in [3.63, 3.8) is 0 Å². The molecule has 0 aliphatic heterocycles. The van der Waals surface area contributed by atoms with Gasteiger partial charge in [0.05, 0.1) is 5.38 Å². The van der Waals surface area contributed by atoms with Gasteiger partial charge in [-0.3, -0.25) is 0 Å². The van der Waals surface area contributed by atoms with Gasteiger partial charge in [0, 0.05) is 9.75 Å². The van der Waals surface area contributed by atoms with E-state index in [9.17, 15) is 0 Å². The Kier molecular flexibility index (Phi) is 3.89. The topological polar surface area (TPSA) is 0 Å². The third kappa shape index (κ3) is 2.71. The van der Waals surface area contributed by atoms with Crippen molar-refractivity contribution in [1.82, 2.24) is 0 Å². The molecule has 0 bridgehead atoms. The molecule has 0 radical (unpaired) electrons. The fraction of sp³-hybridized carbons (Fsp3) is 0.733. The lowest BCUT2D eigenvalue weighted by Gasteiger charge is -2.41. The van der Waals surface area contributed by atoms with E-state index in [4.69, 9.17) is 11.6 Å². The Morgan fingerprint density at radius 3 is 2.59 bits per heavy atom. The molecule has 96 valence electrons. The molecule has 2 rings (SSSR count). The number of alkyl halides is 1. The quantitative estimate of drug-likeness (QED) is 0.590. The molecule has 0 N–H and O–H groups in total. The molecule has 0 saturated heterocycles. The van der Waals surface area contributed by atoms with Crippen molar-refractivity contribution in [1.29, 1.82) is 0 Å². The van der Waals surface area contributed by atoms with E-state index in [0.29, 0.717) is 11.3 Å². The zero-order valence-corrected chi connectivity index (χ0v) is 12.9. The average molecular weight is 271 g/mol. The summed E-state index contributed by atoms with van der Waals surface area (Å²) in [6.45, 7) is 9.16. The number of aryl methyl sites for hydroxylation is 2. The van der Waals surface area contributed by atoms with Gasteiger partial charge in [-0.15, -0.1) is 22.9 Å². The van der Waals surface area contributed by atoms with Crippen LogP contribution in [0.3, 0.4) is 0 Å². The number of hydrogen-bond acceptors (Lipinski definition) is 1. The van der Waals surface area contributed by atoms with Crippen molar-refractivity contribution in [3.05, 3.63) is 21.4 Å². The van der Waals surface area contributed by atoms with E-state index >= 15 is 0 Å². The van der Waals surface area contributed by atoms with E-state index in [1.54, 1.807) is 0 Å². The number of hydrogen-bond donors (Lipinski definition) is 0. The van der Waals surface area contributed by atoms with Gasteiger partial charge in [0.25, 0.3) is 0 Å². The van der Waals surface area contributed by atoms with E-state index < -0.39 is 0 Å². The third-order valence-electron chi connectivity index (χ3n) is 4.27. The molecule has 1 fully saturated rings. The van der Waals surface area contributed by atoms with Crippen LogP contribution in [0.2, 0.25) is 0 Å². The summed E-state index contributed by atoms with van der Waals surface area (Å²) in [4.78, 5) is 2.79. The Morgan fingerprint density at radius 2 is 2.06 bits per heavy atom. The van der Waals surface area contributed by atoms with Crippen LogP contribution in [0.25, 0.3) is 0 Å². The van der Waals surface area contributed by atoms with Gasteiger partial charge < -0.3 is 0 Å². The van der Waals surface area contributed by atoms with Crippen LogP contribution < -0.4 is 0 Å². The predicted molar refractivity (Wildman–Crippen MR) is 78.1 cm³/mol. The minimum Gasteiger partial charge on any atom is -0.144 e. The molecule has 2 unspecified atom stereocenters. The highest BCUT2D eigenvalue weighted by molar-refractivity contribution is 7.12. The van der Waals surface area contributed by atoms with Crippen LogP contribution in [0.5, 0.6) is 0 Å². The Morgan fingerprint density at radius 1 is 1.35 bits per heavy atom. The highest BCUT2D eigenvalue weighted by atomic mass is 35.5. The first-order valence-corrected chi connectivity index (χ1v) is 7.88. The van der Waals surface area contributed by atoms with Crippen LogP contribution in [-0.4, -0.2) is 0 Å². The number of rotatable bonds is 2. The van der Waals surface area contributed by atoms with Crippen molar-refractivity contribution in [3.8, 4) is 0 Å². The van der Waals surface area contributed by atoms with Crippen LogP contribution in [0.15, 0.2) is 6.07 Å². The average Bonchev–Trinajstić information content (AvgIpc) is 2.56. The summed E-state index contributed by atoms with van der Waals surface area (Å²) in [6, 6.07) is 2.27. The van der Waals surface area contributed by atoms with Gasteiger partial charge in [-0.2, -0.15) is 0 Å². The molecule has 1 heterocycles. The lowest BCUT2D eigenvalue weighted by Crippen LogP contribution is -2.30. The fourth-order valence-electron chi connectivity index (χ4n) is 3.18. The largest absolute Gasteiger partial charge is 0.144 e. The minimum atomic E-state index is 0.212. The summed E-state index contributed by atoms with van der Waals surface area (Å²) < 4.78 is 0. The summed E-state index contributed by atoms with van der Waals surface area (Å²) in [5.74, 6) is 0.634. The van der Waals surface area contributed by atoms with Crippen molar-refractivity contribution < 1.29 is 0 Å². The fourth-order valence-corrected chi connectivity index (χ4v) is 5.03. The second kappa shape index (κ2) is 4.93. The standard InChI is InChI=1S/C15H23ClS/c1-10-9-11(2)17-14(10)13(16)12-7-5-6-8-15(12,3)4/h9,12-13H,5-8H2,1-4H3. The first-order chi connectivity index (χ1) is 7.92. The van der Waals surface area contributed by atoms with E-state index in [0.717, 1.165) is 0 Å². The third-order valence-corrected chi connectivity index (χ3v) is 6.16. The van der Waals surface area contributed by atoms with Gasteiger partial charge >= 0.3 is 0 Å². The van der Waals surface area contributed by atoms with Gasteiger partial charge in [0.15, 0.2) is 0 Å². The summed E-state index contributed by atoms with van der Waals surface area (Å²) in [7, 11) is 0. The maximum Gasteiger partial charge on any atom is 0.0714 e. The van der Waals surface area contributed by atoms with E-state index in [1.807, 2.05) is 11.3 Å². The molecular formula is C15H23ClS. The Bertz CT molecular complexity index is 392. The minimum absolute atomic E-state index is 0.212. The molecule has 1 aliphatic rings. The normalized spacial score (nSPS) is 25.8. The van der Waals surface area contributed by atoms with E-state index in [2.05, 4.69) is 33.8 Å². The molecule has 1 saturated carbocycles. The molecule has 0 nitrogen and oxygen atoms in total. The molecule has 1 aliphatic carbocycles. The van der Waals surface area contributed by atoms with Gasteiger partial charge in [-0.05, 0) is 49.7 Å². The van der Waals surface area contributed by atoms with Crippen LogP contribution >= 0.6 is 22.9 Å². The van der Waals surface area contributed by atoms with Gasteiger partial charge in [-0.1, -0.05) is 26.7 Å². The van der Waals surface area contributed by atoms with Crippen LogP contribution in [0.1, 0.15) is 60.2 Å². The van der Waals surface area contributed by atoms with Crippen LogP contribution in [0, 0.1) is 25.2 Å². The monoisotopic (exact) mass is 270 g/mol. The van der Waals surface area contributed by atoms with Crippen molar-refractivity contribution in [2.75, 3.05) is 0 Å². The van der Waals surface area contributed by atoms with Crippen molar-refractivity contribution in [2.45, 2.75) is 58.8 Å². The maximum atomic E-state index is 6.80. The molecule has 1 aromatic rings. The first-order valence-electron chi connectivity index (χ1n) is 6.63. The lowest BCUT2D eigenvalue weighted by atomic mass is 9.67. The Labute approximate surface area is 114 Å². The molecule has 1 aromatic heterocycles. The van der Waals surface area contributed by atoms with E-state index in [-0.39, 0.29) is 5.38 Å². The lowest BCUT2D eigenvalue weighted by molar-refractivity contribution is 0.134. The summed E-state index contributed by atoms with van der Waals surface area (Å²) in [5.41, 5.74) is 1.78. The first kappa shape index (κ1) is 13.4. The summed E-state index contributed by atoms with van der Waals surface area (Å²) in [5, 5.41) is 0.212. The van der Waals surface area contributed by atoms with Gasteiger partial charge in [-0.25, -0.2) is 0 Å². The van der Waals surface area contributed by atoms with Gasteiger partial charge in [0.1, 0.15) is 0 Å². The predicted octanol–water partition coefficient (Wildman–Crippen LogP) is 5.86. The zero-order valence-electron chi connectivity index (χ0n) is 11.3. The van der Waals surface area contributed by atoms with E-state index in [1.165, 1.54) is 41.0 Å². The van der Waals surface area contributed by atoms with Crippen molar-refractivity contribution >= 4 is 22.9 Å². The highest BCUT2D eigenvalue weighted by Gasteiger charge is 2.38. The second-order valence-corrected chi connectivity index (χ2v) is 7.91. The van der Waals surface area contributed by atoms with Crippen LogP contribution in [-0.2, 0) is 0 Å². The second-order valence-electron chi connectivity index (χ2n) is 6.15. The molecule has 2 heteroatoms. The molecule has 0 spiro atoms. The molecule has 2 atom stereocenters. The van der Waals surface area contributed by atoms with Crippen molar-refractivity contribution in [2.24, 2.45) is 11.3 Å². The number of halogens is 1. The highest BCUT2D eigenvalue weighted by Crippen LogP contribution is 2.51. The summed E-state index contributed by atoms with van der Waals surface area (Å²) in [6.07, 6.45) is 5.33. The Balaban J connectivity index is 2.24. The number of thiophene rings is 1. The summed E-state index contributed by atoms with van der Waals surface area (Å²) >= 11 is 8.68. The SMILES string of the molecule is Cc1cc(C)c(C(Cl)C2CCCCC2(C)C)s1. The van der Waals surface area contributed by atoms with Crippen LogP contribution in [0.4, 0.5) is 0 Å².